The van der Waals surface area contributed by atoms with Crippen molar-refractivity contribution in [2.45, 2.75) is 0 Å². The monoisotopic (exact) mass is 313 g/mol. The van der Waals surface area contributed by atoms with E-state index in [0.29, 0.717) is 16.9 Å². The second-order valence-corrected chi connectivity index (χ2v) is 4.98. The zero-order valence-electron chi connectivity index (χ0n) is 12.3. The van der Waals surface area contributed by atoms with Crippen LogP contribution in [0.1, 0.15) is 10.5 Å². The Labute approximate surface area is 131 Å². The summed E-state index contributed by atoms with van der Waals surface area (Å²) in [5.41, 5.74) is 1.43. The third-order valence-electron chi connectivity index (χ3n) is 3.36. The molecule has 2 aromatic carbocycles. The molecular formula is C17H13F2N3O. The summed E-state index contributed by atoms with van der Waals surface area (Å²) in [5.74, 6) is -1.20. The van der Waals surface area contributed by atoms with Gasteiger partial charge in [-0.05, 0) is 42.5 Å². The highest BCUT2D eigenvalue weighted by Gasteiger charge is 2.16. The number of hydrogen-bond donors (Lipinski definition) is 1. The largest absolute Gasteiger partial charge is 0.321 e. The number of nitrogens with zero attached hydrogens (tertiary/aromatic N) is 2. The number of nitrogens with one attached hydrogen (secondary N) is 1. The van der Waals surface area contributed by atoms with Crippen LogP contribution in [0.4, 0.5) is 14.5 Å². The topological polar surface area (TPSA) is 46.9 Å². The lowest BCUT2D eigenvalue weighted by Gasteiger charge is -2.04. The molecule has 1 aromatic heterocycles. The fourth-order valence-electron chi connectivity index (χ4n) is 2.21. The van der Waals surface area contributed by atoms with Crippen LogP contribution in [0.2, 0.25) is 0 Å². The highest BCUT2D eigenvalue weighted by molar-refractivity contribution is 6.03. The predicted molar refractivity (Wildman–Crippen MR) is 83.0 cm³/mol. The third-order valence-corrected chi connectivity index (χ3v) is 3.36. The summed E-state index contributed by atoms with van der Waals surface area (Å²) >= 11 is 0. The minimum atomic E-state index is -0.408. The second kappa shape index (κ2) is 6.00. The lowest BCUT2D eigenvalue weighted by Crippen LogP contribution is -2.15. The first-order chi connectivity index (χ1) is 11.0. The summed E-state index contributed by atoms with van der Waals surface area (Å²) in [4.78, 5) is 12.3. The van der Waals surface area contributed by atoms with Crippen LogP contribution >= 0.6 is 0 Å². The maximum Gasteiger partial charge on any atom is 0.273 e. The first kappa shape index (κ1) is 14.9. The quantitative estimate of drug-likeness (QED) is 0.803. The minimum absolute atomic E-state index is 0.271. The fourth-order valence-corrected chi connectivity index (χ4v) is 2.21. The number of amides is 1. The summed E-state index contributed by atoms with van der Waals surface area (Å²) in [6, 6.07) is 13.2. The molecule has 23 heavy (non-hydrogen) atoms. The summed E-state index contributed by atoms with van der Waals surface area (Å²) < 4.78 is 28.1. The van der Waals surface area contributed by atoms with Crippen molar-refractivity contribution in [1.29, 1.82) is 0 Å². The van der Waals surface area contributed by atoms with Crippen LogP contribution in [0.3, 0.4) is 0 Å². The predicted octanol–water partition coefficient (Wildman–Crippen LogP) is 3.62. The van der Waals surface area contributed by atoms with E-state index in [1.54, 1.807) is 25.2 Å². The van der Waals surface area contributed by atoms with Crippen LogP contribution in [0.25, 0.3) is 11.3 Å². The van der Waals surface area contributed by atoms with Gasteiger partial charge in [0, 0.05) is 18.3 Å². The van der Waals surface area contributed by atoms with Crippen molar-refractivity contribution in [3.63, 3.8) is 0 Å². The van der Waals surface area contributed by atoms with Crippen LogP contribution in [0.15, 0.2) is 54.6 Å². The van der Waals surface area contributed by atoms with E-state index in [0.717, 1.165) is 0 Å². The fraction of sp³-hybridized carbons (Fsp3) is 0.0588. The van der Waals surface area contributed by atoms with E-state index in [1.165, 1.54) is 41.1 Å². The molecule has 0 unspecified atom stereocenters. The van der Waals surface area contributed by atoms with Crippen LogP contribution in [-0.4, -0.2) is 15.7 Å². The lowest BCUT2D eigenvalue weighted by atomic mass is 10.1. The number of halogens is 2. The van der Waals surface area contributed by atoms with Crippen LogP contribution < -0.4 is 5.32 Å². The molecular weight excluding hydrogens is 300 g/mol. The van der Waals surface area contributed by atoms with Gasteiger partial charge >= 0.3 is 0 Å². The smallest absolute Gasteiger partial charge is 0.273 e. The van der Waals surface area contributed by atoms with Gasteiger partial charge in [0.05, 0.1) is 5.69 Å². The van der Waals surface area contributed by atoms with Gasteiger partial charge in [0.1, 0.15) is 17.3 Å². The Morgan fingerprint density at radius 1 is 1.09 bits per heavy atom. The second-order valence-electron chi connectivity index (χ2n) is 4.98. The van der Waals surface area contributed by atoms with Crippen molar-refractivity contribution in [3.05, 3.63) is 71.9 Å². The van der Waals surface area contributed by atoms with Gasteiger partial charge in [-0.3, -0.25) is 9.48 Å². The summed E-state index contributed by atoms with van der Waals surface area (Å²) in [6.45, 7) is 0. The lowest BCUT2D eigenvalue weighted by molar-refractivity contribution is 0.101. The molecule has 0 bridgehead atoms. The van der Waals surface area contributed by atoms with Gasteiger partial charge in [-0.1, -0.05) is 12.1 Å². The number of hydrogen-bond acceptors (Lipinski definition) is 2. The molecule has 1 amide bonds. The maximum absolute atomic E-state index is 13.8. The number of aryl methyl sites for hydroxylation is 1. The first-order valence-electron chi connectivity index (χ1n) is 6.90. The van der Waals surface area contributed by atoms with E-state index in [9.17, 15) is 13.6 Å². The summed E-state index contributed by atoms with van der Waals surface area (Å²) in [7, 11) is 1.60. The molecule has 116 valence electrons. The molecule has 0 atom stereocenters. The highest BCUT2D eigenvalue weighted by atomic mass is 19.1. The molecule has 4 nitrogen and oxygen atoms in total. The molecule has 0 saturated heterocycles. The van der Waals surface area contributed by atoms with Crippen LogP contribution in [-0.2, 0) is 7.05 Å². The van der Waals surface area contributed by atoms with Crippen LogP contribution in [0.5, 0.6) is 0 Å². The van der Waals surface area contributed by atoms with Crippen molar-refractivity contribution in [2.75, 3.05) is 5.32 Å². The molecule has 0 aliphatic rings. The van der Waals surface area contributed by atoms with Gasteiger partial charge in [-0.25, -0.2) is 8.78 Å². The average molecular weight is 313 g/mol. The van der Waals surface area contributed by atoms with E-state index in [2.05, 4.69) is 10.4 Å². The molecule has 3 aromatic rings. The van der Waals surface area contributed by atoms with Gasteiger partial charge in [0.25, 0.3) is 5.91 Å². The molecule has 0 aliphatic carbocycles. The number of benzene rings is 2. The molecule has 0 spiro atoms. The van der Waals surface area contributed by atoms with E-state index in [-0.39, 0.29) is 11.5 Å². The average Bonchev–Trinajstić information content (AvgIpc) is 2.92. The van der Waals surface area contributed by atoms with E-state index < -0.39 is 11.7 Å². The SMILES string of the molecule is Cn1nc(-c2ccccc2F)cc1C(=O)Nc1ccc(F)cc1. The Kier molecular flexibility index (Phi) is 3.89. The number of carbonyl (C=O) groups excluding carboxylic acids is 1. The number of anilines is 1. The Morgan fingerprint density at radius 2 is 1.78 bits per heavy atom. The Morgan fingerprint density at radius 3 is 2.48 bits per heavy atom. The maximum atomic E-state index is 13.8. The van der Waals surface area contributed by atoms with Crippen molar-refractivity contribution < 1.29 is 13.6 Å². The molecule has 3 rings (SSSR count). The van der Waals surface area contributed by atoms with Crippen LogP contribution in [0, 0.1) is 11.6 Å². The number of carbonyl (C=O) groups is 1. The van der Waals surface area contributed by atoms with Gasteiger partial charge in [0.15, 0.2) is 0 Å². The Balaban J connectivity index is 1.87. The molecule has 1 heterocycles. The molecule has 0 saturated carbocycles. The van der Waals surface area contributed by atoms with Crippen molar-refractivity contribution in [3.8, 4) is 11.3 Å². The van der Waals surface area contributed by atoms with Gasteiger partial charge in [0.2, 0.25) is 0 Å². The Bertz CT molecular complexity index is 857. The minimum Gasteiger partial charge on any atom is -0.321 e. The Hall–Kier alpha value is -3.02. The van der Waals surface area contributed by atoms with Gasteiger partial charge in [-0.2, -0.15) is 5.10 Å². The molecule has 0 radical (unpaired) electrons. The van der Waals surface area contributed by atoms with Crippen molar-refractivity contribution in [2.24, 2.45) is 7.05 Å². The normalized spacial score (nSPS) is 10.6. The molecule has 6 heteroatoms. The zero-order valence-corrected chi connectivity index (χ0v) is 12.3. The zero-order chi connectivity index (χ0) is 16.4. The number of rotatable bonds is 3. The summed E-state index contributed by atoms with van der Waals surface area (Å²) in [6.07, 6.45) is 0. The van der Waals surface area contributed by atoms with E-state index >= 15 is 0 Å². The summed E-state index contributed by atoms with van der Waals surface area (Å²) in [5, 5.41) is 6.82. The first-order valence-corrected chi connectivity index (χ1v) is 6.90. The van der Waals surface area contributed by atoms with Crippen molar-refractivity contribution >= 4 is 11.6 Å². The van der Waals surface area contributed by atoms with Crippen molar-refractivity contribution in [1.82, 2.24) is 9.78 Å². The molecule has 1 N–H and O–H groups in total. The molecule has 0 aliphatic heterocycles. The standard InChI is InChI=1S/C17H13F2N3O/c1-22-16(17(23)20-12-8-6-11(18)7-9-12)10-15(21-22)13-4-2-3-5-14(13)19/h2-10H,1H3,(H,20,23). The van der Waals surface area contributed by atoms with Gasteiger partial charge < -0.3 is 5.32 Å². The van der Waals surface area contributed by atoms with Gasteiger partial charge in [-0.15, -0.1) is 0 Å². The molecule has 0 fully saturated rings. The number of aromatic nitrogens is 2. The highest BCUT2D eigenvalue weighted by Crippen LogP contribution is 2.22. The van der Waals surface area contributed by atoms with E-state index in [1.807, 2.05) is 0 Å². The van der Waals surface area contributed by atoms with E-state index in [4.69, 9.17) is 0 Å². The third kappa shape index (κ3) is 3.11.